The molecule has 0 spiro atoms. The lowest BCUT2D eigenvalue weighted by atomic mass is 9.93. The lowest BCUT2D eigenvalue weighted by Gasteiger charge is -2.29. The van der Waals surface area contributed by atoms with Crippen molar-refractivity contribution in [1.82, 2.24) is 10.6 Å². The van der Waals surface area contributed by atoms with Crippen LogP contribution in [0.1, 0.15) is 42.7 Å². The van der Waals surface area contributed by atoms with Crippen molar-refractivity contribution in [2.24, 2.45) is 0 Å². The van der Waals surface area contributed by atoms with E-state index in [0.717, 1.165) is 16.7 Å². The summed E-state index contributed by atoms with van der Waals surface area (Å²) in [7, 11) is 0. The monoisotopic (exact) mass is 424 g/mol. The van der Waals surface area contributed by atoms with E-state index < -0.39 is 6.04 Å². The van der Waals surface area contributed by atoms with E-state index >= 15 is 0 Å². The minimum atomic E-state index is -0.405. The van der Waals surface area contributed by atoms with Gasteiger partial charge in [-0.3, -0.25) is 0 Å². The molecule has 1 aliphatic rings. The molecule has 1 aliphatic heterocycles. The van der Waals surface area contributed by atoms with Gasteiger partial charge < -0.3 is 20.1 Å². The van der Waals surface area contributed by atoms with Gasteiger partial charge in [-0.1, -0.05) is 36.4 Å². The van der Waals surface area contributed by atoms with Crippen LogP contribution in [0.2, 0.25) is 0 Å². The Hall–Kier alpha value is -3.19. The van der Waals surface area contributed by atoms with Gasteiger partial charge in [0.05, 0.1) is 30.4 Å². The van der Waals surface area contributed by atoms with Crippen LogP contribution < -0.4 is 10.6 Å². The zero-order chi connectivity index (χ0) is 21.7. The van der Waals surface area contributed by atoms with Crippen LogP contribution in [0.15, 0.2) is 59.8 Å². The lowest BCUT2D eigenvalue weighted by Crippen LogP contribution is -2.45. The van der Waals surface area contributed by atoms with E-state index in [2.05, 4.69) is 10.6 Å². The highest BCUT2D eigenvalue weighted by molar-refractivity contribution is 7.80. The molecule has 1 atom stereocenters. The summed E-state index contributed by atoms with van der Waals surface area (Å²) in [5, 5.41) is 6.59. The van der Waals surface area contributed by atoms with Crippen LogP contribution in [0.3, 0.4) is 0 Å². The third kappa shape index (κ3) is 4.68. The van der Waals surface area contributed by atoms with Gasteiger partial charge in [-0.25, -0.2) is 9.59 Å². The fourth-order valence-corrected chi connectivity index (χ4v) is 3.60. The highest BCUT2D eigenvalue weighted by atomic mass is 32.1. The van der Waals surface area contributed by atoms with Crippen molar-refractivity contribution in [3.05, 3.63) is 70.9 Å². The Morgan fingerprint density at radius 3 is 2.30 bits per heavy atom. The molecule has 0 aromatic heterocycles. The largest absolute Gasteiger partial charge is 0.463 e. The Balaban J connectivity index is 1.90. The third-order valence-electron chi connectivity index (χ3n) is 4.72. The number of carbonyl (C=O) groups excluding carboxylic acids is 2. The lowest BCUT2D eigenvalue weighted by molar-refractivity contribution is -0.139. The van der Waals surface area contributed by atoms with E-state index in [1.165, 1.54) is 0 Å². The number of hydrogen-bond donors (Lipinski definition) is 2. The molecule has 7 heteroatoms. The van der Waals surface area contributed by atoms with E-state index in [0.29, 0.717) is 35.2 Å². The molecule has 0 radical (unpaired) electrons. The van der Waals surface area contributed by atoms with Crippen LogP contribution in [-0.4, -0.2) is 30.3 Å². The first-order chi connectivity index (χ1) is 14.4. The summed E-state index contributed by atoms with van der Waals surface area (Å²) < 4.78 is 10.3. The summed E-state index contributed by atoms with van der Waals surface area (Å²) in [5.74, 6) is -0.725. The van der Waals surface area contributed by atoms with Crippen LogP contribution in [0.25, 0.3) is 11.1 Å². The molecule has 156 valence electrons. The molecule has 2 aromatic rings. The molecule has 0 aliphatic carbocycles. The summed E-state index contributed by atoms with van der Waals surface area (Å²) in [6.07, 6.45) is 0. The average Bonchev–Trinajstić information content (AvgIpc) is 2.73. The number of carbonyl (C=O) groups is 2. The molecule has 2 aromatic carbocycles. The SMILES string of the molecule is CCOC(=O)C1=C(C)NC(=S)NC1c1ccc(-c2cccc(C(=O)OCC)c2)cc1. The first kappa shape index (κ1) is 21.5. The smallest absolute Gasteiger partial charge is 0.338 e. The van der Waals surface area contributed by atoms with Gasteiger partial charge in [-0.2, -0.15) is 0 Å². The topological polar surface area (TPSA) is 76.7 Å². The van der Waals surface area contributed by atoms with E-state index in [-0.39, 0.29) is 11.9 Å². The van der Waals surface area contributed by atoms with Crippen LogP contribution in [0, 0.1) is 0 Å². The van der Waals surface area contributed by atoms with E-state index in [9.17, 15) is 9.59 Å². The van der Waals surface area contributed by atoms with Crippen molar-refractivity contribution in [3.8, 4) is 11.1 Å². The predicted molar refractivity (Wildman–Crippen MR) is 119 cm³/mol. The Labute approximate surface area is 181 Å². The number of ether oxygens (including phenoxy) is 2. The standard InChI is InChI=1S/C23H24N2O4S/c1-4-28-21(26)18-8-6-7-17(13-18)15-9-11-16(12-10-15)20-19(22(27)29-5-2)14(3)24-23(30)25-20/h6-13,20H,4-5H2,1-3H3,(H2,24,25,30). The van der Waals surface area contributed by atoms with Crippen molar-refractivity contribution < 1.29 is 19.1 Å². The molecule has 0 fully saturated rings. The minimum absolute atomic E-state index is 0.294. The second-order valence-corrected chi connectivity index (χ2v) is 7.12. The summed E-state index contributed by atoms with van der Waals surface area (Å²) in [6, 6.07) is 14.7. The third-order valence-corrected chi connectivity index (χ3v) is 4.94. The van der Waals surface area contributed by atoms with Gasteiger partial charge in [0.15, 0.2) is 5.11 Å². The van der Waals surface area contributed by atoms with Gasteiger partial charge in [-0.15, -0.1) is 0 Å². The number of nitrogens with one attached hydrogen (secondary N) is 2. The molecule has 3 rings (SSSR count). The molecular formula is C23H24N2O4S. The quantitative estimate of drug-likeness (QED) is 0.538. The maximum atomic E-state index is 12.5. The number of hydrogen-bond acceptors (Lipinski definition) is 5. The first-order valence-corrected chi connectivity index (χ1v) is 10.2. The van der Waals surface area contributed by atoms with Crippen LogP contribution in [0.4, 0.5) is 0 Å². The molecule has 0 amide bonds. The number of rotatable bonds is 6. The molecule has 6 nitrogen and oxygen atoms in total. The van der Waals surface area contributed by atoms with Gasteiger partial charge in [-0.05, 0) is 61.8 Å². The van der Waals surface area contributed by atoms with E-state index in [1.807, 2.05) is 43.3 Å². The average molecular weight is 425 g/mol. The molecular weight excluding hydrogens is 400 g/mol. The van der Waals surface area contributed by atoms with Crippen LogP contribution in [-0.2, 0) is 14.3 Å². The predicted octanol–water partition coefficient (Wildman–Crippen LogP) is 3.89. The summed E-state index contributed by atoms with van der Waals surface area (Å²) >= 11 is 5.27. The second kappa shape index (κ2) is 9.54. The van der Waals surface area contributed by atoms with Crippen molar-refractivity contribution >= 4 is 29.3 Å². The number of esters is 2. The fourth-order valence-electron chi connectivity index (χ4n) is 3.33. The van der Waals surface area contributed by atoms with Crippen molar-refractivity contribution in [1.29, 1.82) is 0 Å². The van der Waals surface area contributed by atoms with Crippen LogP contribution in [0.5, 0.6) is 0 Å². The highest BCUT2D eigenvalue weighted by Crippen LogP contribution is 2.30. The van der Waals surface area contributed by atoms with Gasteiger partial charge in [0.25, 0.3) is 0 Å². The Morgan fingerprint density at radius 2 is 1.63 bits per heavy atom. The number of benzene rings is 2. The molecule has 1 unspecified atom stereocenters. The van der Waals surface area contributed by atoms with Gasteiger partial charge in [0, 0.05) is 5.70 Å². The molecule has 0 saturated heterocycles. The minimum Gasteiger partial charge on any atom is -0.463 e. The van der Waals surface area contributed by atoms with Gasteiger partial charge in [0.2, 0.25) is 0 Å². The molecule has 1 heterocycles. The van der Waals surface area contributed by atoms with Crippen molar-refractivity contribution in [3.63, 3.8) is 0 Å². The van der Waals surface area contributed by atoms with Gasteiger partial charge in [0.1, 0.15) is 0 Å². The highest BCUT2D eigenvalue weighted by Gasteiger charge is 2.30. The van der Waals surface area contributed by atoms with Crippen molar-refractivity contribution in [2.75, 3.05) is 13.2 Å². The summed E-state index contributed by atoms with van der Waals surface area (Å²) in [6.45, 7) is 5.99. The maximum absolute atomic E-state index is 12.5. The number of thiocarbonyl (C=S) groups is 1. The Bertz CT molecular complexity index is 999. The molecule has 0 saturated carbocycles. The fraction of sp³-hybridized carbons (Fsp3) is 0.261. The summed E-state index contributed by atoms with van der Waals surface area (Å²) in [5.41, 5.74) is 4.41. The van der Waals surface area contributed by atoms with Crippen molar-refractivity contribution in [2.45, 2.75) is 26.8 Å². The Morgan fingerprint density at radius 1 is 0.967 bits per heavy atom. The number of allylic oxidation sites excluding steroid dienone is 1. The normalized spacial score (nSPS) is 15.8. The van der Waals surface area contributed by atoms with Crippen LogP contribution >= 0.6 is 12.2 Å². The molecule has 30 heavy (non-hydrogen) atoms. The maximum Gasteiger partial charge on any atom is 0.338 e. The second-order valence-electron chi connectivity index (χ2n) is 6.71. The first-order valence-electron chi connectivity index (χ1n) is 9.77. The molecule has 0 bridgehead atoms. The Kier molecular flexibility index (Phi) is 6.84. The zero-order valence-electron chi connectivity index (χ0n) is 17.2. The van der Waals surface area contributed by atoms with Gasteiger partial charge >= 0.3 is 11.9 Å². The zero-order valence-corrected chi connectivity index (χ0v) is 18.0. The van der Waals surface area contributed by atoms with E-state index in [1.54, 1.807) is 26.0 Å². The van der Waals surface area contributed by atoms with E-state index in [4.69, 9.17) is 21.7 Å². The summed E-state index contributed by atoms with van der Waals surface area (Å²) in [4.78, 5) is 24.5. The molecule has 2 N–H and O–H groups in total.